The van der Waals surface area contributed by atoms with Crippen LogP contribution in [-0.4, -0.2) is 13.4 Å². The number of fused-ring (bicyclic) bond motifs is 10. The molecule has 0 fully saturated rings. The predicted molar refractivity (Wildman–Crippen MR) is 244 cm³/mol. The summed E-state index contributed by atoms with van der Waals surface area (Å²) < 4.78 is 0. The molecule has 0 unspecified atom stereocenters. The third kappa shape index (κ3) is 4.47. The van der Waals surface area contributed by atoms with Crippen molar-refractivity contribution in [1.82, 2.24) is 0 Å². The van der Waals surface area contributed by atoms with Crippen LogP contribution < -0.4 is 42.6 Å². The summed E-state index contributed by atoms with van der Waals surface area (Å²) in [6.45, 7) is 18.4. The highest BCUT2D eigenvalue weighted by Gasteiger charge is 2.48. The summed E-state index contributed by atoms with van der Waals surface area (Å²) in [5.74, 6) is 0. The van der Waals surface area contributed by atoms with Gasteiger partial charge in [-0.3, -0.25) is 0 Å². The zero-order valence-corrected chi connectivity index (χ0v) is 33.6. The van der Waals surface area contributed by atoms with Gasteiger partial charge in [-0.1, -0.05) is 141 Å². The molecule has 268 valence electrons. The lowest BCUT2D eigenvalue weighted by Gasteiger charge is -2.50. The summed E-state index contributed by atoms with van der Waals surface area (Å²) in [7, 11) is 0. The lowest BCUT2D eigenvalue weighted by Crippen LogP contribution is -2.62. The number of rotatable bonds is 2. The highest BCUT2D eigenvalue weighted by molar-refractivity contribution is 7.01. The van der Waals surface area contributed by atoms with E-state index in [4.69, 9.17) is 0 Å². The smallest absolute Gasteiger partial charge is 0.248 e. The first kappa shape index (κ1) is 33.4. The Morgan fingerprint density at radius 3 is 1.11 bits per heavy atom. The van der Waals surface area contributed by atoms with Gasteiger partial charge in [0.2, 0.25) is 13.4 Å². The Hall–Kier alpha value is -5.99. The molecule has 0 saturated heterocycles. The maximum Gasteiger partial charge on any atom is 0.248 e. The fraction of sp³-hybridized carbons (Fsp3) is 0.154. The van der Waals surface area contributed by atoms with Crippen LogP contribution in [0.3, 0.4) is 0 Å². The number of hydrogen-bond donors (Lipinski definition) is 0. The monoisotopic (exact) mass is 718 g/mol. The summed E-state index contributed by atoms with van der Waals surface area (Å²) in [5.41, 5.74) is 26.6. The van der Waals surface area contributed by atoms with Gasteiger partial charge in [-0.2, -0.15) is 0 Å². The second-order valence-electron chi connectivity index (χ2n) is 17.0. The Kier molecular flexibility index (Phi) is 7.00. The van der Waals surface area contributed by atoms with E-state index in [0.717, 1.165) is 0 Å². The first-order chi connectivity index (χ1) is 27.1. The lowest BCUT2D eigenvalue weighted by atomic mass is 9.32. The fourth-order valence-corrected chi connectivity index (χ4v) is 11.2. The first-order valence-electron chi connectivity index (χ1n) is 20.2. The van der Waals surface area contributed by atoms with Crippen LogP contribution in [0.2, 0.25) is 0 Å². The van der Waals surface area contributed by atoms with Crippen LogP contribution in [0.5, 0.6) is 0 Å². The zero-order valence-electron chi connectivity index (χ0n) is 33.6. The van der Waals surface area contributed by atoms with Crippen molar-refractivity contribution < 1.29 is 0 Å². The van der Waals surface area contributed by atoms with Gasteiger partial charge < -0.3 is 9.80 Å². The highest BCUT2D eigenvalue weighted by atomic mass is 15.3. The largest absolute Gasteiger partial charge is 0.307 e. The van der Waals surface area contributed by atoms with Crippen LogP contribution in [0.15, 0.2) is 121 Å². The van der Waals surface area contributed by atoms with Crippen molar-refractivity contribution in [2.24, 2.45) is 0 Å². The van der Waals surface area contributed by atoms with E-state index < -0.39 is 0 Å². The highest BCUT2D eigenvalue weighted by Crippen LogP contribution is 2.57. The number of hydrogen-bond acceptors (Lipinski definition) is 2. The average molecular weight is 719 g/mol. The Balaban J connectivity index is 1.36. The summed E-state index contributed by atoms with van der Waals surface area (Å²) in [6, 6.07) is 47.2. The minimum Gasteiger partial charge on any atom is -0.307 e. The van der Waals surface area contributed by atoms with Gasteiger partial charge in [-0.15, -0.1) is 0 Å². The SMILES string of the molecule is Cc1cc(C)c(B2c3ccc(C)cc3N3c4cc5ccccc5c5c4N(c4cc(C)ccc4B5c4c(C)cc(C)cc4C)c4cc5ccccc5c2c43)c(C)c1. The summed E-state index contributed by atoms with van der Waals surface area (Å²) >= 11 is 0. The van der Waals surface area contributed by atoms with Gasteiger partial charge in [-0.05, 0) is 134 Å². The topological polar surface area (TPSA) is 6.48 Å². The molecule has 8 aromatic rings. The Morgan fingerprint density at radius 2 is 0.714 bits per heavy atom. The molecule has 0 bridgehead atoms. The molecule has 0 aromatic heterocycles. The van der Waals surface area contributed by atoms with Crippen LogP contribution in [0, 0.1) is 55.4 Å². The van der Waals surface area contributed by atoms with Crippen molar-refractivity contribution >= 4 is 102 Å². The Bertz CT molecular complexity index is 2800. The number of benzene rings is 8. The van der Waals surface area contributed by atoms with Crippen molar-refractivity contribution in [2.45, 2.75) is 55.4 Å². The molecule has 11 rings (SSSR count). The van der Waals surface area contributed by atoms with Gasteiger partial charge in [0.25, 0.3) is 0 Å². The zero-order chi connectivity index (χ0) is 38.3. The van der Waals surface area contributed by atoms with Crippen LogP contribution in [0.25, 0.3) is 21.5 Å². The van der Waals surface area contributed by atoms with Crippen molar-refractivity contribution in [3.63, 3.8) is 0 Å². The van der Waals surface area contributed by atoms with E-state index in [1.807, 2.05) is 0 Å². The second-order valence-corrected chi connectivity index (χ2v) is 17.0. The Labute approximate surface area is 331 Å². The predicted octanol–water partition coefficient (Wildman–Crippen LogP) is 9.37. The standard InChI is InChI=1S/C52H44B2N2/c1-29-17-19-41-43(25-29)55-45-27-37-13-9-12-16-40(37)50-52(45)56(44-26-30(2)18-20-42(44)54(50)48-35(7)23-32(4)24-36(48)8)46-28-38-14-10-11-15-39(38)49(51(46)55)53(41)47-33(5)21-31(3)22-34(47)6/h9-28H,1-8H3. The van der Waals surface area contributed by atoms with E-state index >= 15 is 0 Å². The third-order valence-corrected chi connectivity index (χ3v) is 13.1. The first-order valence-corrected chi connectivity index (χ1v) is 20.2. The van der Waals surface area contributed by atoms with Crippen molar-refractivity contribution in [1.29, 1.82) is 0 Å². The minimum atomic E-state index is 0.0659. The van der Waals surface area contributed by atoms with E-state index in [2.05, 4.69) is 187 Å². The molecule has 3 aliphatic rings. The van der Waals surface area contributed by atoms with Crippen molar-refractivity contribution in [3.8, 4) is 0 Å². The van der Waals surface area contributed by atoms with E-state index in [1.54, 1.807) is 0 Å². The van der Waals surface area contributed by atoms with Crippen LogP contribution in [0.1, 0.15) is 44.5 Å². The maximum atomic E-state index is 2.67. The molecule has 0 amide bonds. The molecule has 0 aliphatic carbocycles. The van der Waals surface area contributed by atoms with Gasteiger partial charge in [0.05, 0.1) is 22.7 Å². The van der Waals surface area contributed by atoms with Crippen LogP contribution in [0.4, 0.5) is 34.1 Å². The van der Waals surface area contributed by atoms with Crippen molar-refractivity contribution in [3.05, 3.63) is 166 Å². The quantitative estimate of drug-likeness (QED) is 0.165. The molecule has 0 N–H and O–H groups in total. The lowest BCUT2D eigenvalue weighted by molar-refractivity contribution is 1.18. The van der Waals surface area contributed by atoms with Gasteiger partial charge >= 0.3 is 0 Å². The molecule has 2 nitrogen and oxygen atoms in total. The molecule has 8 aromatic carbocycles. The van der Waals surface area contributed by atoms with Gasteiger partial charge in [0, 0.05) is 11.4 Å². The molecule has 4 heteroatoms. The summed E-state index contributed by atoms with van der Waals surface area (Å²) in [6.07, 6.45) is 0. The van der Waals surface area contributed by atoms with Crippen LogP contribution in [-0.2, 0) is 0 Å². The van der Waals surface area contributed by atoms with E-state index in [1.165, 1.54) is 133 Å². The molecule has 3 heterocycles. The summed E-state index contributed by atoms with van der Waals surface area (Å²) in [5, 5.41) is 5.19. The molecule has 3 aliphatic heterocycles. The molecule has 0 radical (unpaired) electrons. The molecule has 0 atom stereocenters. The van der Waals surface area contributed by atoms with Gasteiger partial charge in [0.15, 0.2) is 0 Å². The fourth-order valence-electron chi connectivity index (χ4n) is 11.2. The van der Waals surface area contributed by atoms with E-state index in [9.17, 15) is 0 Å². The Morgan fingerprint density at radius 1 is 0.339 bits per heavy atom. The number of nitrogens with zero attached hydrogens (tertiary/aromatic N) is 2. The number of aryl methyl sites for hydroxylation is 8. The van der Waals surface area contributed by atoms with Crippen molar-refractivity contribution in [2.75, 3.05) is 9.80 Å². The van der Waals surface area contributed by atoms with Crippen LogP contribution >= 0.6 is 0 Å². The molecular formula is C52H44B2N2. The average Bonchev–Trinajstić information content (AvgIpc) is 3.16. The molecule has 0 spiro atoms. The normalized spacial score (nSPS) is 13.6. The number of anilines is 6. The minimum absolute atomic E-state index is 0.0659. The molecular weight excluding hydrogens is 674 g/mol. The van der Waals surface area contributed by atoms with Gasteiger partial charge in [-0.25, -0.2) is 0 Å². The van der Waals surface area contributed by atoms with E-state index in [0.29, 0.717) is 0 Å². The summed E-state index contributed by atoms with van der Waals surface area (Å²) in [4.78, 5) is 5.34. The van der Waals surface area contributed by atoms with E-state index in [-0.39, 0.29) is 13.4 Å². The third-order valence-electron chi connectivity index (χ3n) is 13.1. The molecule has 0 saturated carbocycles. The maximum absolute atomic E-state index is 2.67. The second kappa shape index (κ2) is 11.8. The van der Waals surface area contributed by atoms with Gasteiger partial charge in [0.1, 0.15) is 0 Å². The molecule has 56 heavy (non-hydrogen) atoms.